The van der Waals surface area contributed by atoms with Gasteiger partial charge in [-0.25, -0.2) is 0 Å². The topological polar surface area (TPSA) is 49.5 Å². The smallest absolute Gasteiger partial charge is 0.0595 e. The fourth-order valence-electron chi connectivity index (χ4n) is 1.32. The van der Waals surface area contributed by atoms with E-state index in [1.807, 2.05) is 0 Å². The van der Waals surface area contributed by atoms with E-state index >= 15 is 0 Å². The minimum Gasteiger partial charge on any atom is -0.395 e. The van der Waals surface area contributed by atoms with Gasteiger partial charge in [-0.1, -0.05) is 13.8 Å². The first kappa shape index (κ1) is 12.9. The predicted molar refractivity (Wildman–Crippen MR) is 56.6 cm³/mol. The highest BCUT2D eigenvalue weighted by Crippen LogP contribution is 2.03. The van der Waals surface area contributed by atoms with Gasteiger partial charge in [0.25, 0.3) is 0 Å². The monoisotopic (exact) mass is 188 g/mol. The lowest BCUT2D eigenvalue weighted by Gasteiger charge is -2.20. The lowest BCUT2D eigenvalue weighted by atomic mass is 10.1. The molecule has 0 saturated heterocycles. The van der Waals surface area contributed by atoms with Gasteiger partial charge in [0.2, 0.25) is 0 Å². The van der Waals surface area contributed by atoms with Crippen molar-refractivity contribution in [2.75, 3.05) is 26.7 Å². The minimum absolute atomic E-state index is 0.0779. The molecule has 0 rings (SSSR count). The zero-order valence-electron chi connectivity index (χ0n) is 9.16. The molecule has 0 fully saturated rings. The molecule has 0 aromatic carbocycles. The van der Waals surface area contributed by atoms with Crippen LogP contribution in [0.25, 0.3) is 0 Å². The molecule has 0 aliphatic carbocycles. The van der Waals surface area contributed by atoms with Crippen molar-refractivity contribution in [1.29, 1.82) is 0 Å². The molecular formula is C10H24N2O. The van der Waals surface area contributed by atoms with E-state index in [1.165, 1.54) is 12.8 Å². The first-order chi connectivity index (χ1) is 6.06. The third-order valence-corrected chi connectivity index (χ3v) is 2.10. The summed E-state index contributed by atoms with van der Waals surface area (Å²) in [7, 11) is 2.05. The highest BCUT2D eigenvalue weighted by molar-refractivity contribution is 4.64. The summed E-state index contributed by atoms with van der Waals surface area (Å²) in [4.78, 5) is 2.18. The molecule has 13 heavy (non-hydrogen) atoms. The van der Waals surface area contributed by atoms with Crippen molar-refractivity contribution in [3.63, 3.8) is 0 Å². The molecule has 0 saturated carbocycles. The Kier molecular flexibility index (Phi) is 7.23. The van der Waals surface area contributed by atoms with Crippen molar-refractivity contribution in [2.45, 2.75) is 32.7 Å². The summed E-state index contributed by atoms with van der Waals surface area (Å²) in [6, 6.07) is -0.0935. The predicted octanol–water partition coefficient (Wildman–Crippen LogP) is 0.674. The van der Waals surface area contributed by atoms with Gasteiger partial charge < -0.3 is 15.7 Å². The van der Waals surface area contributed by atoms with Gasteiger partial charge in [0.15, 0.2) is 0 Å². The van der Waals surface area contributed by atoms with Crippen molar-refractivity contribution in [3.8, 4) is 0 Å². The van der Waals surface area contributed by atoms with Crippen LogP contribution in [0.15, 0.2) is 0 Å². The summed E-state index contributed by atoms with van der Waals surface area (Å²) in [5.74, 6) is 0.778. The van der Waals surface area contributed by atoms with E-state index < -0.39 is 0 Å². The number of nitrogens with zero attached hydrogens (tertiary/aromatic N) is 1. The molecule has 80 valence electrons. The number of hydrogen-bond acceptors (Lipinski definition) is 3. The summed E-state index contributed by atoms with van der Waals surface area (Å²) >= 11 is 0. The molecule has 0 amide bonds. The molecule has 0 radical (unpaired) electrons. The molecule has 3 heteroatoms. The fraction of sp³-hybridized carbons (Fsp3) is 1.00. The van der Waals surface area contributed by atoms with Crippen LogP contribution in [0, 0.1) is 5.92 Å². The molecule has 1 unspecified atom stereocenters. The molecule has 0 spiro atoms. The Morgan fingerprint density at radius 1 is 1.38 bits per heavy atom. The summed E-state index contributed by atoms with van der Waals surface area (Å²) in [6.07, 6.45) is 2.48. The number of rotatable bonds is 7. The largest absolute Gasteiger partial charge is 0.395 e. The first-order valence-electron chi connectivity index (χ1n) is 5.11. The molecular weight excluding hydrogens is 164 g/mol. The average molecular weight is 188 g/mol. The molecule has 0 bridgehead atoms. The third kappa shape index (κ3) is 8.22. The normalized spacial score (nSPS) is 14.1. The number of hydrogen-bond donors (Lipinski definition) is 2. The zero-order chi connectivity index (χ0) is 10.3. The van der Waals surface area contributed by atoms with Crippen LogP contribution < -0.4 is 5.73 Å². The third-order valence-electron chi connectivity index (χ3n) is 2.10. The zero-order valence-corrected chi connectivity index (χ0v) is 9.16. The van der Waals surface area contributed by atoms with Crippen LogP contribution in [0.1, 0.15) is 26.7 Å². The van der Waals surface area contributed by atoms with Gasteiger partial charge in [-0.2, -0.15) is 0 Å². The lowest BCUT2D eigenvalue weighted by molar-refractivity contribution is 0.219. The number of aliphatic hydroxyl groups excluding tert-OH is 1. The maximum absolute atomic E-state index is 8.75. The summed E-state index contributed by atoms with van der Waals surface area (Å²) in [6.45, 7) is 6.41. The van der Waals surface area contributed by atoms with E-state index in [1.54, 1.807) is 0 Å². The molecule has 0 aromatic rings. The maximum atomic E-state index is 8.75. The van der Waals surface area contributed by atoms with Gasteiger partial charge in [0.1, 0.15) is 0 Å². The van der Waals surface area contributed by atoms with Crippen LogP contribution in [0.5, 0.6) is 0 Å². The SMILES string of the molecule is CC(C)CCCN(C)CC(N)CO. The highest BCUT2D eigenvalue weighted by atomic mass is 16.3. The van der Waals surface area contributed by atoms with Gasteiger partial charge in [0.05, 0.1) is 6.61 Å². The Morgan fingerprint density at radius 3 is 2.46 bits per heavy atom. The Labute approximate surface area is 81.9 Å². The van der Waals surface area contributed by atoms with Gasteiger partial charge >= 0.3 is 0 Å². The molecule has 0 aliphatic heterocycles. The average Bonchev–Trinajstić information content (AvgIpc) is 2.03. The Hall–Kier alpha value is -0.120. The van der Waals surface area contributed by atoms with Crippen LogP contribution in [0.2, 0.25) is 0 Å². The van der Waals surface area contributed by atoms with Gasteiger partial charge in [-0.3, -0.25) is 0 Å². The van der Waals surface area contributed by atoms with Crippen LogP contribution >= 0.6 is 0 Å². The van der Waals surface area contributed by atoms with E-state index in [-0.39, 0.29) is 12.6 Å². The first-order valence-corrected chi connectivity index (χ1v) is 5.11. The quantitative estimate of drug-likeness (QED) is 0.617. The van der Waals surface area contributed by atoms with E-state index in [9.17, 15) is 0 Å². The summed E-state index contributed by atoms with van der Waals surface area (Å²) in [5, 5.41) is 8.75. The number of aliphatic hydroxyl groups is 1. The molecule has 3 nitrogen and oxygen atoms in total. The van der Waals surface area contributed by atoms with Crippen LogP contribution in [-0.4, -0.2) is 42.8 Å². The van der Waals surface area contributed by atoms with E-state index in [4.69, 9.17) is 10.8 Å². The van der Waals surface area contributed by atoms with Gasteiger partial charge in [-0.05, 0) is 32.4 Å². The summed E-state index contributed by atoms with van der Waals surface area (Å²) < 4.78 is 0. The number of nitrogens with two attached hydrogens (primary N) is 1. The minimum atomic E-state index is -0.0935. The van der Waals surface area contributed by atoms with Crippen molar-refractivity contribution in [1.82, 2.24) is 4.90 Å². The van der Waals surface area contributed by atoms with Crippen molar-refractivity contribution in [3.05, 3.63) is 0 Å². The Balaban J connectivity index is 3.34. The van der Waals surface area contributed by atoms with Gasteiger partial charge in [0, 0.05) is 12.6 Å². The van der Waals surface area contributed by atoms with E-state index in [0.717, 1.165) is 19.0 Å². The van der Waals surface area contributed by atoms with Crippen LogP contribution in [0.3, 0.4) is 0 Å². The summed E-state index contributed by atoms with van der Waals surface area (Å²) in [5.41, 5.74) is 5.61. The second-order valence-corrected chi connectivity index (χ2v) is 4.24. The Bertz CT molecular complexity index is 117. The number of likely N-dealkylation sites (N-methyl/N-ethyl adjacent to an activating group) is 1. The molecule has 0 aromatic heterocycles. The second kappa shape index (κ2) is 7.30. The standard InChI is InChI=1S/C10H24N2O/c1-9(2)5-4-6-12(3)7-10(11)8-13/h9-10,13H,4-8,11H2,1-3H3. The molecule has 0 aliphatic rings. The second-order valence-electron chi connectivity index (χ2n) is 4.24. The molecule has 1 atom stereocenters. The fourth-order valence-corrected chi connectivity index (χ4v) is 1.32. The van der Waals surface area contributed by atoms with Crippen LogP contribution in [0.4, 0.5) is 0 Å². The van der Waals surface area contributed by atoms with Crippen molar-refractivity contribution in [2.24, 2.45) is 11.7 Å². The van der Waals surface area contributed by atoms with Gasteiger partial charge in [-0.15, -0.1) is 0 Å². The van der Waals surface area contributed by atoms with E-state index in [0.29, 0.717) is 0 Å². The van der Waals surface area contributed by atoms with E-state index in [2.05, 4.69) is 25.8 Å². The van der Waals surface area contributed by atoms with Crippen LogP contribution in [-0.2, 0) is 0 Å². The Morgan fingerprint density at radius 2 is 2.00 bits per heavy atom. The highest BCUT2D eigenvalue weighted by Gasteiger charge is 2.05. The lowest BCUT2D eigenvalue weighted by Crippen LogP contribution is -2.38. The molecule has 3 N–H and O–H groups in total. The maximum Gasteiger partial charge on any atom is 0.0595 e. The van der Waals surface area contributed by atoms with Crippen molar-refractivity contribution < 1.29 is 5.11 Å². The van der Waals surface area contributed by atoms with Crippen molar-refractivity contribution >= 4 is 0 Å². The molecule has 0 heterocycles.